The first-order valence-electron chi connectivity index (χ1n) is 16.9. The minimum atomic E-state index is -0.593. The number of carbonyl (C=O) groups excluding carboxylic acids is 3. The summed E-state index contributed by atoms with van der Waals surface area (Å²) in [4.78, 5) is 38.1. The van der Waals surface area contributed by atoms with Crippen LogP contribution in [0.3, 0.4) is 0 Å². The third kappa shape index (κ3) is 18.8. The molecule has 0 saturated carbocycles. The van der Waals surface area contributed by atoms with E-state index in [1.807, 2.05) is 18.2 Å². The predicted molar refractivity (Wildman–Crippen MR) is 199 cm³/mol. The zero-order valence-corrected chi connectivity index (χ0v) is 30.5. The molecule has 1 aliphatic heterocycles. The van der Waals surface area contributed by atoms with Gasteiger partial charge >= 0.3 is 11.9 Å². The molecule has 0 aromatic heterocycles. The van der Waals surface area contributed by atoms with Gasteiger partial charge < -0.3 is 18.9 Å². The van der Waals surface area contributed by atoms with Crippen molar-refractivity contribution in [2.75, 3.05) is 39.5 Å². The first-order valence-corrected chi connectivity index (χ1v) is 18.3. The van der Waals surface area contributed by atoms with Crippen molar-refractivity contribution in [1.29, 1.82) is 0 Å². The van der Waals surface area contributed by atoms with Crippen molar-refractivity contribution in [3.8, 4) is 0 Å². The Morgan fingerprint density at radius 1 is 0.959 bits per heavy atom. The fourth-order valence-corrected chi connectivity index (χ4v) is 6.24. The molecule has 0 N–H and O–H groups in total. The van der Waals surface area contributed by atoms with Gasteiger partial charge in [-0.3, -0.25) is 14.5 Å². The summed E-state index contributed by atoms with van der Waals surface area (Å²) in [5.41, 5.74) is 1.68. The van der Waals surface area contributed by atoms with Gasteiger partial charge in [-0.1, -0.05) is 97.5 Å². The third-order valence-corrected chi connectivity index (χ3v) is 9.18. The third-order valence-electron chi connectivity index (χ3n) is 7.53. The van der Waals surface area contributed by atoms with Gasteiger partial charge in [0.05, 0.1) is 12.0 Å². The maximum absolute atomic E-state index is 12.7. The molecule has 0 radical (unpaired) electrons. The Bertz CT molecular complexity index is 1290. The molecule has 0 spiro atoms. The lowest BCUT2D eigenvalue weighted by atomic mass is 9.98. The van der Waals surface area contributed by atoms with Crippen molar-refractivity contribution >= 4 is 41.8 Å². The average Bonchev–Trinajstić information content (AvgIpc) is 3.10. The molecule has 1 heterocycles. The number of nitrogens with zero attached hydrogens (tertiary/aromatic N) is 1. The summed E-state index contributed by atoms with van der Waals surface area (Å²) in [5, 5.41) is 0.601. The predicted octanol–water partition coefficient (Wildman–Crippen LogP) is 8.86. The van der Waals surface area contributed by atoms with Crippen LogP contribution in [-0.2, 0) is 33.3 Å². The Morgan fingerprint density at radius 3 is 2.24 bits per heavy atom. The van der Waals surface area contributed by atoms with Crippen molar-refractivity contribution in [2.45, 2.75) is 76.0 Å². The zero-order valence-electron chi connectivity index (χ0n) is 28.9. The lowest BCUT2D eigenvalue weighted by Crippen LogP contribution is -2.41. The number of ether oxygens (including phenoxy) is 4. The molecule has 268 valence electrons. The lowest BCUT2D eigenvalue weighted by Gasteiger charge is -2.39. The highest BCUT2D eigenvalue weighted by atomic mass is 35.5. The number of esters is 2. The van der Waals surface area contributed by atoms with Gasteiger partial charge in [-0.05, 0) is 68.6 Å². The number of halogens is 1. The van der Waals surface area contributed by atoms with E-state index in [9.17, 15) is 14.4 Å². The molecule has 1 aromatic rings. The molecule has 1 saturated heterocycles. The number of benzene rings is 1. The minimum absolute atomic E-state index is 0.0288. The van der Waals surface area contributed by atoms with E-state index in [4.69, 9.17) is 30.5 Å². The normalized spacial score (nSPS) is 17.2. The SMILES string of the molecule is CC/C=C\C/C=C\C/C=C\C/C=C\C/C=C\CCCC(=O)OCOC(=O)/C=C1/CN([C@H](COC=O)c2ccccc2Cl)CCC1SCOC. The maximum atomic E-state index is 12.7. The van der Waals surface area contributed by atoms with Gasteiger partial charge in [-0.25, -0.2) is 4.79 Å². The quantitative estimate of drug-likeness (QED) is 0.0260. The van der Waals surface area contributed by atoms with Crippen molar-refractivity contribution in [2.24, 2.45) is 0 Å². The van der Waals surface area contributed by atoms with E-state index < -0.39 is 18.7 Å². The molecule has 8 nitrogen and oxygen atoms in total. The summed E-state index contributed by atoms with van der Waals surface area (Å²) in [6.07, 6.45) is 30.2. The van der Waals surface area contributed by atoms with E-state index in [-0.39, 0.29) is 24.3 Å². The zero-order chi connectivity index (χ0) is 35.4. The number of carbonyl (C=O) groups is 3. The fraction of sp³-hybridized carbons (Fsp3) is 0.462. The molecular formula is C39H52ClNO7S. The number of allylic oxidation sites excluding steroid dienone is 10. The van der Waals surface area contributed by atoms with Gasteiger partial charge in [0.1, 0.15) is 6.61 Å². The molecule has 10 heteroatoms. The number of hydrogen-bond donors (Lipinski definition) is 0. The molecular weight excluding hydrogens is 662 g/mol. The van der Waals surface area contributed by atoms with E-state index in [0.717, 1.165) is 56.1 Å². The van der Waals surface area contributed by atoms with Crippen LogP contribution in [0.4, 0.5) is 0 Å². The van der Waals surface area contributed by atoms with Crippen LogP contribution in [0.15, 0.2) is 96.7 Å². The lowest BCUT2D eigenvalue weighted by molar-refractivity contribution is -0.164. The van der Waals surface area contributed by atoms with E-state index in [1.165, 1.54) is 6.08 Å². The molecule has 0 amide bonds. The molecule has 0 bridgehead atoms. The van der Waals surface area contributed by atoms with Crippen molar-refractivity contribution in [3.05, 3.63) is 107 Å². The van der Waals surface area contributed by atoms with Gasteiger partial charge in [-0.2, -0.15) is 0 Å². The van der Waals surface area contributed by atoms with Gasteiger partial charge in [0, 0.05) is 43.0 Å². The molecule has 2 rings (SSSR count). The molecule has 0 aliphatic carbocycles. The Labute approximate surface area is 301 Å². The second-order valence-corrected chi connectivity index (χ2v) is 12.8. The molecule has 49 heavy (non-hydrogen) atoms. The highest BCUT2D eigenvalue weighted by Crippen LogP contribution is 2.35. The first kappa shape index (κ1) is 41.8. The number of piperidine rings is 1. The second-order valence-electron chi connectivity index (χ2n) is 11.2. The van der Waals surface area contributed by atoms with Crippen LogP contribution >= 0.6 is 23.4 Å². The largest absolute Gasteiger partial charge is 0.466 e. The van der Waals surface area contributed by atoms with E-state index in [2.05, 4.69) is 72.6 Å². The number of methoxy groups -OCH3 is 1. The van der Waals surface area contributed by atoms with Gasteiger partial charge in [0.25, 0.3) is 6.47 Å². The van der Waals surface area contributed by atoms with Crippen LogP contribution in [-0.4, -0.2) is 68.1 Å². The summed E-state index contributed by atoms with van der Waals surface area (Å²) in [6, 6.07) is 7.14. The molecule has 1 fully saturated rings. The minimum Gasteiger partial charge on any atom is -0.466 e. The highest BCUT2D eigenvalue weighted by Gasteiger charge is 2.31. The Morgan fingerprint density at radius 2 is 1.61 bits per heavy atom. The van der Waals surface area contributed by atoms with Crippen LogP contribution in [0.1, 0.15) is 76.3 Å². The summed E-state index contributed by atoms with van der Waals surface area (Å²) in [6.45, 7) is 3.37. The topological polar surface area (TPSA) is 91.4 Å². The number of likely N-dealkylation sites (tertiary alicyclic amines) is 1. The first-order chi connectivity index (χ1) is 24.0. The molecule has 1 aliphatic rings. The smallest absolute Gasteiger partial charge is 0.333 e. The summed E-state index contributed by atoms with van der Waals surface area (Å²) < 4.78 is 20.8. The molecule has 1 unspecified atom stereocenters. The van der Waals surface area contributed by atoms with Crippen molar-refractivity contribution in [3.63, 3.8) is 0 Å². The number of hydrogen-bond acceptors (Lipinski definition) is 9. The van der Waals surface area contributed by atoms with Gasteiger partial charge in [-0.15, -0.1) is 11.8 Å². The van der Waals surface area contributed by atoms with Gasteiger partial charge in [0.2, 0.25) is 6.79 Å². The van der Waals surface area contributed by atoms with Crippen LogP contribution < -0.4 is 0 Å². The molecule has 1 aromatic carbocycles. The highest BCUT2D eigenvalue weighted by molar-refractivity contribution is 7.99. The van der Waals surface area contributed by atoms with Crippen molar-refractivity contribution < 1.29 is 33.3 Å². The Balaban J connectivity index is 1.73. The molecule has 2 atom stereocenters. The van der Waals surface area contributed by atoms with Crippen molar-refractivity contribution in [1.82, 2.24) is 4.90 Å². The Kier molecular flexibility index (Phi) is 23.4. The number of thioether (sulfide) groups is 1. The number of rotatable bonds is 24. The average molecular weight is 714 g/mol. The van der Waals surface area contributed by atoms with Crippen LogP contribution in [0.5, 0.6) is 0 Å². The van der Waals surface area contributed by atoms with Crippen LogP contribution in [0.25, 0.3) is 0 Å². The summed E-state index contributed by atoms with van der Waals surface area (Å²) in [7, 11) is 1.63. The van der Waals surface area contributed by atoms with Crippen LogP contribution in [0, 0.1) is 0 Å². The number of unbranched alkanes of at least 4 members (excludes halogenated alkanes) is 1. The van der Waals surface area contributed by atoms with E-state index in [0.29, 0.717) is 36.9 Å². The van der Waals surface area contributed by atoms with E-state index >= 15 is 0 Å². The fourth-order valence-electron chi connectivity index (χ4n) is 5.05. The standard InChI is InChI=1S/C39H52ClNO7S/c1-3-4-5-6-7-8-9-10-11-12-13-14-15-16-17-18-19-24-38(43)47-31-48-39(44)27-33-28-41(26-25-37(33)49-32-45-2)36(29-46-30-42)34-22-20-21-23-35(34)40/h4-5,7-8,10-11,13-14,16-17,20-23,27,30,36-37H,3,6,9,12,15,18-19,24-26,28-29,31-32H2,1-2H3/b5-4-,8-7-,11-10-,14-13-,17-16-,33-27-/t36-,37?/m1/s1. The Hall–Kier alpha value is -3.37. The second kappa shape index (κ2) is 27.5. The van der Waals surface area contributed by atoms with Gasteiger partial charge in [0.15, 0.2) is 0 Å². The monoisotopic (exact) mass is 713 g/mol. The summed E-state index contributed by atoms with van der Waals surface area (Å²) >= 11 is 8.08. The maximum Gasteiger partial charge on any atom is 0.333 e. The summed E-state index contributed by atoms with van der Waals surface area (Å²) in [5.74, 6) is -0.538. The van der Waals surface area contributed by atoms with E-state index in [1.54, 1.807) is 24.9 Å². The van der Waals surface area contributed by atoms with Crippen LogP contribution in [0.2, 0.25) is 5.02 Å².